The van der Waals surface area contributed by atoms with Crippen LogP contribution in [0.3, 0.4) is 0 Å². The Morgan fingerprint density at radius 3 is 2.82 bits per heavy atom. The fourth-order valence-electron chi connectivity index (χ4n) is 1.95. The monoisotopic (exact) mass is 332 g/mol. The number of allylic oxidation sites excluding steroid dienone is 1. The van der Waals surface area contributed by atoms with E-state index in [9.17, 15) is 18.0 Å². The smallest absolute Gasteiger partial charge is 0.416 e. The number of nitrogens with one attached hydrogen (secondary N) is 1. The first-order valence-corrected chi connectivity index (χ1v) is 7.43. The maximum absolute atomic E-state index is 12.8. The lowest BCUT2D eigenvalue weighted by Gasteiger charge is -2.25. The van der Waals surface area contributed by atoms with Crippen molar-refractivity contribution in [2.45, 2.75) is 25.5 Å². The van der Waals surface area contributed by atoms with Gasteiger partial charge in [0.15, 0.2) is 5.50 Å². The predicted octanol–water partition coefficient (Wildman–Crippen LogP) is 4.15. The first-order valence-electron chi connectivity index (χ1n) is 6.55. The molecule has 8 heteroatoms. The maximum Gasteiger partial charge on any atom is 0.416 e. The SMILES string of the molecule is CCOC(=O)NC1SC(C)=CN1c1cccc(C(F)(F)F)c1. The van der Waals surface area contributed by atoms with Crippen LogP contribution in [0.2, 0.25) is 0 Å². The second kappa shape index (κ2) is 6.51. The number of carbonyl (C=O) groups excluding carboxylic acids is 1. The number of alkyl halides is 3. The van der Waals surface area contributed by atoms with Crippen molar-refractivity contribution in [3.8, 4) is 0 Å². The second-order valence-corrected chi connectivity index (χ2v) is 5.86. The number of ether oxygens (including phenoxy) is 1. The molecule has 1 aromatic rings. The van der Waals surface area contributed by atoms with Gasteiger partial charge in [-0.05, 0) is 32.0 Å². The average molecular weight is 332 g/mol. The second-order valence-electron chi connectivity index (χ2n) is 4.53. The molecule has 1 unspecified atom stereocenters. The molecule has 1 aliphatic heterocycles. The van der Waals surface area contributed by atoms with Crippen LogP contribution in [0.4, 0.5) is 23.7 Å². The van der Waals surface area contributed by atoms with Crippen LogP contribution in [-0.4, -0.2) is 18.2 Å². The summed E-state index contributed by atoms with van der Waals surface area (Å²) in [5.41, 5.74) is -0.925. The molecule has 1 heterocycles. The minimum atomic E-state index is -4.41. The highest BCUT2D eigenvalue weighted by molar-refractivity contribution is 8.04. The van der Waals surface area contributed by atoms with Gasteiger partial charge in [0.1, 0.15) is 0 Å². The molecule has 1 amide bonds. The van der Waals surface area contributed by atoms with E-state index >= 15 is 0 Å². The topological polar surface area (TPSA) is 41.6 Å². The van der Waals surface area contributed by atoms with Crippen molar-refractivity contribution in [3.63, 3.8) is 0 Å². The van der Waals surface area contributed by atoms with Crippen LogP contribution in [0, 0.1) is 0 Å². The highest BCUT2D eigenvalue weighted by Gasteiger charge is 2.32. The number of benzene rings is 1. The molecule has 0 bridgehead atoms. The van der Waals surface area contributed by atoms with Gasteiger partial charge in [-0.1, -0.05) is 17.8 Å². The Balaban J connectivity index is 2.23. The first kappa shape index (κ1) is 16.5. The third-order valence-electron chi connectivity index (χ3n) is 2.86. The van der Waals surface area contributed by atoms with Crippen LogP contribution in [0.25, 0.3) is 0 Å². The summed E-state index contributed by atoms with van der Waals surface area (Å²) in [6, 6.07) is 4.96. The minimum Gasteiger partial charge on any atom is -0.450 e. The first-order chi connectivity index (χ1) is 10.3. The summed E-state index contributed by atoms with van der Waals surface area (Å²) in [5, 5.41) is 2.61. The van der Waals surface area contributed by atoms with Crippen molar-refractivity contribution in [3.05, 3.63) is 40.9 Å². The van der Waals surface area contributed by atoms with Crippen LogP contribution in [0.15, 0.2) is 35.4 Å². The molecule has 0 saturated carbocycles. The standard InChI is InChI=1S/C14H15F3N2O2S/c1-3-21-13(20)18-12-19(8-9(2)22-12)11-6-4-5-10(7-11)14(15,16)17/h4-8,12H,3H2,1-2H3,(H,18,20). The zero-order chi connectivity index (χ0) is 16.3. The number of halogens is 3. The highest BCUT2D eigenvalue weighted by atomic mass is 32.2. The molecule has 1 aliphatic rings. The van der Waals surface area contributed by atoms with Gasteiger partial charge in [0, 0.05) is 16.8 Å². The van der Waals surface area contributed by atoms with E-state index in [1.807, 2.05) is 6.92 Å². The summed E-state index contributed by atoms with van der Waals surface area (Å²) in [5.74, 6) is 0. The molecule has 0 fully saturated rings. The Bertz CT molecular complexity index is 590. The lowest BCUT2D eigenvalue weighted by atomic mass is 10.2. The number of hydrogen-bond donors (Lipinski definition) is 1. The Morgan fingerprint density at radius 1 is 1.45 bits per heavy atom. The van der Waals surface area contributed by atoms with E-state index in [-0.39, 0.29) is 6.61 Å². The molecule has 22 heavy (non-hydrogen) atoms. The summed E-state index contributed by atoms with van der Waals surface area (Å²) in [6.45, 7) is 3.72. The quantitative estimate of drug-likeness (QED) is 0.903. The Labute approximate surface area is 130 Å². The fourth-order valence-corrected chi connectivity index (χ4v) is 2.93. The summed E-state index contributed by atoms with van der Waals surface area (Å²) in [6.07, 6.45) is -3.33. The van der Waals surface area contributed by atoms with E-state index in [1.165, 1.54) is 17.8 Å². The van der Waals surface area contributed by atoms with Crippen LogP contribution in [-0.2, 0) is 10.9 Å². The normalized spacial score (nSPS) is 18.1. The van der Waals surface area contributed by atoms with Crippen molar-refractivity contribution in [1.29, 1.82) is 0 Å². The third kappa shape index (κ3) is 3.88. The van der Waals surface area contributed by atoms with Crippen LogP contribution >= 0.6 is 11.8 Å². The number of anilines is 1. The van der Waals surface area contributed by atoms with Gasteiger partial charge >= 0.3 is 12.3 Å². The maximum atomic E-state index is 12.8. The van der Waals surface area contributed by atoms with E-state index in [1.54, 1.807) is 24.1 Å². The number of rotatable bonds is 3. The van der Waals surface area contributed by atoms with E-state index in [0.717, 1.165) is 17.0 Å². The molecule has 0 saturated heterocycles. The third-order valence-corrected chi connectivity index (χ3v) is 3.90. The number of hydrogen-bond acceptors (Lipinski definition) is 4. The summed E-state index contributed by atoms with van der Waals surface area (Å²) in [7, 11) is 0. The van der Waals surface area contributed by atoms with Crippen molar-refractivity contribution < 1.29 is 22.7 Å². The molecule has 1 N–H and O–H groups in total. The average Bonchev–Trinajstić information content (AvgIpc) is 2.79. The van der Waals surface area contributed by atoms with Gasteiger partial charge in [-0.2, -0.15) is 13.2 Å². The van der Waals surface area contributed by atoms with Gasteiger partial charge in [0.2, 0.25) is 0 Å². The molecule has 0 spiro atoms. The van der Waals surface area contributed by atoms with Gasteiger partial charge in [-0.15, -0.1) is 0 Å². The zero-order valence-corrected chi connectivity index (χ0v) is 12.8. The Kier molecular flexibility index (Phi) is 4.90. The molecule has 0 radical (unpaired) electrons. The van der Waals surface area contributed by atoms with Gasteiger partial charge in [-0.3, -0.25) is 5.32 Å². The predicted molar refractivity (Wildman–Crippen MR) is 79.2 cm³/mol. The molecular formula is C14H15F3N2O2S. The number of thioether (sulfide) groups is 1. The van der Waals surface area contributed by atoms with Gasteiger partial charge in [0.25, 0.3) is 0 Å². The molecule has 1 aromatic carbocycles. The lowest BCUT2D eigenvalue weighted by molar-refractivity contribution is -0.137. The van der Waals surface area contributed by atoms with Crippen LogP contribution in [0.1, 0.15) is 19.4 Å². The number of alkyl carbamates (subject to hydrolysis) is 1. The molecule has 0 aromatic heterocycles. The van der Waals surface area contributed by atoms with Gasteiger partial charge < -0.3 is 9.64 Å². The summed E-state index contributed by atoms with van der Waals surface area (Å²) < 4.78 is 43.2. The van der Waals surface area contributed by atoms with Crippen molar-refractivity contribution >= 4 is 23.5 Å². The van der Waals surface area contributed by atoms with Crippen molar-refractivity contribution in [2.75, 3.05) is 11.5 Å². The Morgan fingerprint density at radius 2 is 2.18 bits per heavy atom. The van der Waals surface area contributed by atoms with Gasteiger partial charge in [-0.25, -0.2) is 4.79 Å². The van der Waals surface area contributed by atoms with Crippen molar-refractivity contribution in [1.82, 2.24) is 5.32 Å². The van der Waals surface area contributed by atoms with E-state index in [4.69, 9.17) is 4.74 Å². The minimum absolute atomic E-state index is 0.221. The van der Waals surface area contributed by atoms with Crippen LogP contribution < -0.4 is 10.2 Å². The largest absolute Gasteiger partial charge is 0.450 e. The highest BCUT2D eigenvalue weighted by Crippen LogP contribution is 2.37. The molecule has 120 valence electrons. The van der Waals surface area contributed by atoms with Gasteiger partial charge in [0.05, 0.1) is 12.2 Å². The number of nitrogens with zero attached hydrogens (tertiary/aromatic N) is 1. The summed E-state index contributed by atoms with van der Waals surface area (Å²) in [4.78, 5) is 14.0. The molecule has 4 nitrogen and oxygen atoms in total. The lowest BCUT2D eigenvalue weighted by Crippen LogP contribution is -2.42. The number of carbonyl (C=O) groups is 1. The molecular weight excluding hydrogens is 317 g/mol. The molecule has 0 aliphatic carbocycles. The fraction of sp³-hybridized carbons (Fsp3) is 0.357. The van der Waals surface area contributed by atoms with E-state index in [0.29, 0.717) is 5.69 Å². The Hall–Kier alpha value is -1.83. The summed E-state index contributed by atoms with van der Waals surface area (Å²) >= 11 is 1.33. The zero-order valence-electron chi connectivity index (χ0n) is 12.0. The van der Waals surface area contributed by atoms with E-state index in [2.05, 4.69) is 5.32 Å². The molecule has 1 atom stereocenters. The van der Waals surface area contributed by atoms with Crippen molar-refractivity contribution in [2.24, 2.45) is 0 Å². The molecule has 2 rings (SSSR count). The number of amides is 1. The van der Waals surface area contributed by atoms with Crippen LogP contribution in [0.5, 0.6) is 0 Å². The van der Waals surface area contributed by atoms with E-state index < -0.39 is 23.3 Å².